The first kappa shape index (κ1) is 12.9. The van der Waals surface area contributed by atoms with E-state index in [-0.39, 0.29) is 5.91 Å². The molecule has 4 heteroatoms. The fourth-order valence-electron chi connectivity index (χ4n) is 2.66. The van der Waals surface area contributed by atoms with Crippen LogP contribution in [0.4, 0.5) is 0 Å². The summed E-state index contributed by atoms with van der Waals surface area (Å²) in [4.78, 5) is 12.0. The van der Waals surface area contributed by atoms with E-state index in [1.165, 1.54) is 5.56 Å². The maximum Gasteiger partial charge on any atom is 0.251 e. The van der Waals surface area contributed by atoms with Crippen molar-refractivity contribution in [2.75, 3.05) is 6.54 Å². The van der Waals surface area contributed by atoms with Gasteiger partial charge < -0.3 is 5.32 Å². The highest BCUT2D eigenvalue weighted by Gasteiger charge is 2.19. The van der Waals surface area contributed by atoms with Crippen LogP contribution < -0.4 is 5.32 Å². The summed E-state index contributed by atoms with van der Waals surface area (Å²) in [6.45, 7) is 7.03. The average molecular weight is 269 g/mol. The van der Waals surface area contributed by atoms with Crippen LogP contribution in [0.3, 0.4) is 0 Å². The van der Waals surface area contributed by atoms with Crippen molar-refractivity contribution in [2.45, 2.75) is 33.2 Å². The van der Waals surface area contributed by atoms with Crippen molar-refractivity contribution in [2.24, 2.45) is 0 Å². The molecule has 0 aliphatic carbocycles. The number of nitrogens with one attached hydrogen (secondary N) is 1. The number of hydrogen-bond donors (Lipinski definition) is 1. The van der Waals surface area contributed by atoms with Crippen molar-refractivity contribution in [1.29, 1.82) is 0 Å². The van der Waals surface area contributed by atoms with E-state index in [4.69, 9.17) is 0 Å². The van der Waals surface area contributed by atoms with Crippen LogP contribution in [0.25, 0.3) is 11.1 Å². The fourth-order valence-corrected chi connectivity index (χ4v) is 2.66. The Labute approximate surface area is 118 Å². The zero-order valence-electron chi connectivity index (χ0n) is 12.1. The first-order valence-corrected chi connectivity index (χ1v) is 7.02. The number of rotatable bonds is 2. The Morgan fingerprint density at radius 2 is 2.10 bits per heavy atom. The fraction of sp³-hybridized carbons (Fsp3) is 0.375. The van der Waals surface area contributed by atoms with Crippen molar-refractivity contribution in [3.05, 3.63) is 41.2 Å². The predicted molar refractivity (Wildman–Crippen MR) is 78.8 cm³/mol. The van der Waals surface area contributed by atoms with Gasteiger partial charge in [0.05, 0.1) is 6.20 Å². The smallest absolute Gasteiger partial charge is 0.251 e. The first-order chi connectivity index (χ1) is 9.56. The van der Waals surface area contributed by atoms with E-state index in [2.05, 4.69) is 37.3 Å². The molecular formula is C16H19N3O. The second kappa shape index (κ2) is 4.78. The molecule has 1 aliphatic heterocycles. The molecule has 2 heterocycles. The maximum absolute atomic E-state index is 12.0. The molecule has 20 heavy (non-hydrogen) atoms. The Morgan fingerprint density at radius 1 is 1.30 bits per heavy atom. The molecule has 1 aliphatic rings. The van der Waals surface area contributed by atoms with Gasteiger partial charge in [0.25, 0.3) is 5.91 Å². The highest BCUT2D eigenvalue weighted by atomic mass is 16.1. The lowest BCUT2D eigenvalue weighted by Crippen LogP contribution is -2.31. The summed E-state index contributed by atoms with van der Waals surface area (Å²) in [5.74, 6) is 0.0313. The number of aryl methyl sites for hydroxylation is 1. The van der Waals surface area contributed by atoms with E-state index < -0.39 is 0 Å². The Bertz CT molecular complexity index is 670. The third-order valence-electron chi connectivity index (χ3n) is 3.82. The predicted octanol–water partition coefficient (Wildman–Crippen LogP) is 2.73. The van der Waals surface area contributed by atoms with Crippen LogP contribution in [0.1, 0.15) is 41.4 Å². The molecule has 0 atom stereocenters. The second-order valence-electron chi connectivity index (χ2n) is 5.63. The summed E-state index contributed by atoms with van der Waals surface area (Å²) < 4.78 is 1.94. The molecule has 2 aromatic rings. The van der Waals surface area contributed by atoms with E-state index in [1.807, 2.05) is 23.1 Å². The van der Waals surface area contributed by atoms with Crippen LogP contribution in [0.2, 0.25) is 0 Å². The van der Waals surface area contributed by atoms with Crippen LogP contribution in [-0.2, 0) is 6.42 Å². The monoisotopic (exact) mass is 269 g/mol. The van der Waals surface area contributed by atoms with Crippen LogP contribution in [-0.4, -0.2) is 22.2 Å². The number of amides is 1. The molecule has 0 bridgehead atoms. The number of carbonyl (C=O) groups is 1. The third-order valence-corrected chi connectivity index (χ3v) is 3.82. The molecule has 104 valence electrons. The lowest BCUT2D eigenvalue weighted by Gasteiger charge is -2.18. The summed E-state index contributed by atoms with van der Waals surface area (Å²) in [6, 6.07) is 4.47. The highest BCUT2D eigenvalue weighted by Crippen LogP contribution is 2.28. The minimum Gasteiger partial charge on any atom is -0.352 e. The number of hydrogen-bond acceptors (Lipinski definition) is 2. The topological polar surface area (TPSA) is 46.9 Å². The van der Waals surface area contributed by atoms with Crippen LogP contribution >= 0.6 is 0 Å². The van der Waals surface area contributed by atoms with Gasteiger partial charge in [-0.1, -0.05) is 6.07 Å². The van der Waals surface area contributed by atoms with Crippen molar-refractivity contribution >= 4 is 5.91 Å². The van der Waals surface area contributed by atoms with Gasteiger partial charge in [-0.15, -0.1) is 0 Å². The summed E-state index contributed by atoms with van der Waals surface area (Å²) >= 11 is 0. The first-order valence-electron chi connectivity index (χ1n) is 7.02. The molecular weight excluding hydrogens is 250 g/mol. The van der Waals surface area contributed by atoms with Gasteiger partial charge in [0, 0.05) is 29.9 Å². The van der Waals surface area contributed by atoms with Gasteiger partial charge in [-0.25, -0.2) is 0 Å². The molecule has 0 saturated heterocycles. The summed E-state index contributed by atoms with van der Waals surface area (Å²) in [6.07, 6.45) is 4.82. The third kappa shape index (κ3) is 2.11. The van der Waals surface area contributed by atoms with Crippen molar-refractivity contribution < 1.29 is 4.79 Å². The largest absolute Gasteiger partial charge is 0.352 e. The van der Waals surface area contributed by atoms with Crippen molar-refractivity contribution in [1.82, 2.24) is 15.1 Å². The molecule has 1 aromatic heterocycles. The van der Waals surface area contributed by atoms with Crippen molar-refractivity contribution in [3.63, 3.8) is 0 Å². The molecule has 3 rings (SSSR count). The average Bonchev–Trinajstić information content (AvgIpc) is 2.88. The van der Waals surface area contributed by atoms with Crippen molar-refractivity contribution in [3.8, 4) is 11.1 Å². The highest BCUT2D eigenvalue weighted by molar-refractivity contribution is 5.98. The van der Waals surface area contributed by atoms with Crippen LogP contribution in [0, 0.1) is 6.92 Å². The Balaban J connectivity index is 2.09. The summed E-state index contributed by atoms with van der Waals surface area (Å²) in [5, 5.41) is 7.28. The van der Waals surface area contributed by atoms with Gasteiger partial charge in [0.1, 0.15) is 0 Å². The molecule has 1 aromatic carbocycles. The van der Waals surface area contributed by atoms with Gasteiger partial charge >= 0.3 is 0 Å². The molecule has 0 saturated carbocycles. The van der Waals surface area contributed by atoms with Gasteiger partial charge in [-0.3, -0.25) is 9.48 Å². The van der Waals surface area contributed by atoms with Gasteiger partial charge in [0.15, 0.2) is 0 Å². The Hall–Kier alpha value is -2.10. The number of nitrogens with zero attached hydrogens (tertiary/aromatic N) is 2. The summed E-state index contributed by atoms with van der Waals surface area (Å²) in [5.41, 5.74) is 5.30. The molecule has 1 amide bonds. The van der Waals surface area contributed by atoms with E-state index in [0.717, 1.165) is 35.2 Å². The quantitative estimate of drug-likeness (QED) is 0.911. The maximum atomic E-state index is 12.0. The number of aromatic nitrogens is 2. The van der Waals surface area contributed by atoms with Crippen LogP contribution in [0.15, 0.2) is 24.5 Å². The molecule has 0 radical (unpaired) electrons. The number of benzene rings is 1. The lowest BCUT2D eigenvalue weighted by molar-refractivity contribution is 0.0946. The van der Waals surface area contributed by atoms with E-state index >= 15 is 0 Å². The molecule has 0 unspecified atom stereocenters. The lowest BCUT2D eigenvalue weighted by atomic mass is 9.92. The van der Waals surface area contributed by atoms with Gasteiger partial charge in [0.2, 0.25) is 0 Å². The Kier molecular flexibility index (Phi) is 3.08. The zero-order valence-corrected chi connectivity index (χ0v) is 12.1. The molecule has 0 fully saturated rings. The van der Waals surface area contributed by atoms with E-state index in [9.17, 15) is 4.79 Å². The Morgan fingerprint density at radius 3 is 2.80 bits per heavy atom. The second-order valence-corrected chi connectivity index (χ2v) is 5.63. The molecule has 1 N–H and O–H groups in total. The van der Waals surface area contributed by atoms with E-state index in [1.54, 1.807) is 0 Å². The summed E-state index contributed by atoms with van der Waals surface area (Å²) in [7, 11) is 0. The molecule has 0 spiro atoms. The SMILES string of the molecule is Cc1cc2c(cc1-c1cnn(C(C)C)c1)C(=O)NCC2. The van der Waals surface area contributed by atoms with Gasteiger partial charge in [-0.05, 0) is 49.9 Å². The molecule has 4 nitrogen and oxygen atoms in total. The minimum atomic E-state index is 0.0313. The van der Waals surface area contributed by atoms with Crippen LogP contribution in [0.5, 0.6) is 0 Å². The standard InChI is InChI=1S/C16H19N3O/c1-10(2)19-9-13(8-18-19)14-7-15-12(6-11(14)3)4-5-17-16(15)20/h6-10H,4-5H2,1-3H3,(H,17,20). The zero-order chi connectivity index (χ0) is 14.3. The number of fused-ring (bicyclic) bond motifs is 1. The normalized spacial score (nSPS) is 14.3. The minimum absolute atomic E-state index is 0.0313. The number of carbonyl (C=O) groups excluding carboxylic acids is 1. The van der Waals surface area contributed by atoms with Gasteiger partial charge in [-0.2, -0.15) is 5.10 Å². The van der Waals surface area contributed by atoms with E-state index in [0.29, 0.717) is 6.04 Å².